The van der Waals surface area contributed by atoms with Crippen LogP contribution in [0.5, 0.6) is 0 Å². The van der Waals surface area contributed by atoms with E-state index in [1.165, 1.54) is 16.2 Å². The molecule has 1 aromatic carbocycles. The van der Waals surface area contributed by atoms with Crippen molar-refractivity contribution < 1.29 is 19.1 Å². The van der Waals surface area contributed by atoms with Crippen molar-refractivity contribution in [1.82, 2.24) is 4.90 Å². The van der Waals surface area contributed by atoms with Gasteiger partial charge in [-0.05, 0) is 30.7 Å². The Morgan fingerprint density at radius 3 is 2.50 bits per heavy atom. The summed E-state index contributed by atoms with van der Waals surface area (Å²) in [5.41, 5.74) is 0.964. The predicted molar refractivity (Wildman–Crippen MR) is 104 cm³/mol. The molecule has 0 saturated heterocycles. The molecule has 1 heterocycles. The van der Waals surface area contributed by atoms with Crippen LogP contribution in [0.3, 0.4) is 0 Å². The first-order valence-corrected chi connectivity index (χ1v) is 9.70. The SMILES string of the molecule is Cc1ccc(C(=O)CCC(=O)OCC(=O)N(C)Cc2ccccc2Br)s1. The highest BCUT2D eigenvalue weighted by Crippen LogP contribution is 2.18. The van der Waals surface area contributed by atoms with E-state index >= 15 is 0 Å². The molecule has 2 rings (SSSR count). The first-order chi connectivity index (χ1) is 12.4. The predicted octanol–water partition coefficient (Wildman–Crippen LogP) is 3.98. The number of carbonyl (C=O) groups excluding carboxylic acids is 3. The van der Waals surface area contributed by atoms with Crippen LogP contribution in [0.25, 0.3) is 0 Å². The molecular formula is C19H20BrNO4S. The fraction of sp³-hybridized carbons (Fsp3) is 0.316. The van der Waals surface area contributed by atoms with Gasteiger partial charge >= 0.3 is 5.97 Å². The first kappa shape index (κ1) is 20.3. The molecular weight excluding hydrogens is 418 g/mol. The zero-order valence-corrected chi connectivity index (χ0v) is 17.1. The Bertz CT molecular complexity index is 802. The van der Waals surface area contributed by atoms with Crippen molar-refractivity contribution in [2.24, 2.45) is 0 Å². The third kappa shape index (κ3) is 6.07. The Kier molecular flexibility index (Phi) is 7.53. The van der Waals surface area contributed by atoms with Crippen LogP contribution in [0.1, 0.15) is 33.0 Å². The van der Waals surface area contributed by atoms with Crippen LogP contribution in [-0.2, 0) is 20.9 Å². The van der Waals surface area contributed by atoms with Gasteiger partial charge in [-0.25, -0.2) is 0 Å². The normalized spacial score (nSPS) is 10.4. The number of carbonyl (C=O) groups is 3. The second-order valence-electron chi connectivity index (χ2n) is 5.84. The van der Waals surface area contributed by atoms with Crippen molar-refractivity contribution >= 4 is 44.9 Å². The van der Waals surface area contributed by atoms with Gasteiger partial charge in [0.25, 0.3) is 5.91 Å². The van der Waals surface area contributed by atoms with E-state index in [1.54, 1.807) is 13.1 Å². The lowest BCUT2D eigenvalue weighted by Crippen LogP contribution is -2.31. The third-order valence-electron chi connectivity index (χ3n) is 3.72. The van der Waals surface area contributed by atoms with Gasteiger partial charge in [-0.1, -0.05) is 34.1 Å². The van der Waals surface area contributed by atoms with E-state index in [1.807, 2.05) is 37.3 Å². The highest BCUT2D eigenvalue weighted by Gasteiger charge is 2.15. The highest BCUT2D eigenvalue weighted by molar-refractivity contribution is 9.10. The molecule has 5 nitrogen and oxygen atoms in total. The number of hydrogen-bond donors (Lipinski definition) is 0. The zero-order chi connectivity index (χ0) is 19.1. The van der Waals surface area contributed by atoms with Gasteiger partial charge in [0.05, 0.1) is 11.3 Å². The number of halogens is 1. The van der Waals surface area contributed by atoms with Gasteiger partial charge in [0, 0.05) is 29.4 Å². The number of aryl methyl sites for hydroxylation is 1. The summed E-state index contributed by atoms with van der Waals surface area (Å²) in [6, 6.07) is 11.2. The summed E-state index contributed by atoms with van der Waals surface area (Å²) in [7, 11) is 1.65. The summed E-state index contributed by atoms with van der Waals surface area (Å²) < 4.78 is 5.91. The van der Waals surface area contributed by atoms with Gasteiger partial charge in [-0.15, -0.1) is 11.3 Å². The molecule has 1 amide bonds. The molecule has 0 unspecified atom stereocenters. The minimum atomic E-state index is -0.547. The largest absolute Gasteiger partial charge is 0.456 e. The summed E-state index contributed by atoms with van der Waals surface area (Å²) in [4.78, 5) is 39.0. The summed E-state index contributed by atoms with van der Waals surface area (Å²) >= 11 is 4.84. The molecule has 0 saturated carbocycles. The maximum Gasteiger partial charge on any atom is 0.306 e. The van der Waals surface area contributed by atoms with Crippen molar-refractivity contribution in [3.8, 4) is 0 Å². The molecule has 0 N–H and O–H groups in total. The molecule has 138 valence electrons. The summed E-state index contributed by atoms with van der Waals surface area (Å²) in [5, 5.41) is 0. The average Bonchev–Trinajstić information content (AvgIpc) is 3.06. The Morgan fingerprint density at radius 1 is 1.12 bits per heavy atom. The van der Waals surface area contributed by atoms with E-state index in [0.29, 0.717) is 11.4 Å². The molecule has 0 bridgehead atoms. The van der Waals surface area contributed by atoms with Gasteiger partial charge in [0.15, 0.2) is 12.4 Å². The quantitative estimate of drug-likeness (QED) is 0.462. The Morgan fingerprint density at radius 2 is 1.85 bits per heavy atom. The number of amides is 1. The van der Waals surface area contributed by atoms with Crippen LogP contribution in [0.2, 0.25) is 0 Å². The highest BCUT2D eigenvalue weighted by atomic mass is 79.9. The van der Waals surface area contributed by atoms with E-state index in [2.05, 4.69) is 15.9 Å². The number of benzene rings is 1. The first-order valence-electron chi connectivity index (χ1n) is 8.09. The molecule has 0 aliphatic rings. The number of ketones is 1. The average molecular weight is 438 g/mol. The number of nitrogens with zero attached hydrogens (tertiary/aromatic N) is 1. The number of esters is 1. The van der Waals surface area contributed by atoms with Crippen LogP contribution in [0.15, 0.2) is 40.9 Å². The second kappa shape index (κ2) is 9.64. The smallest absolute Gasteiger partial charge is 0.306 e. The molecule has 0 atom stereocenters. The minimum absolute atomic E-state index is 0.0307. The number of Topliss-reactive ketones (excluding diaryl/α,β-unsaturated/α-hetero) is 1. The molecule has 1 aromatic heterocycles. The van der Waals surface area contributed by atoms with Crippen LogP contribution < -0.4 is 0 Å². The van der Waals surface area contributed by atoms with Crippen molar-refractivity contribution in [1.29, 1.82) is 0 Å². The number of thiophene rings is 1. The monoisotopic (exact) mass is 437 g/mol. The van der Waals surface area contributed by atoms with Gasteiger partial charge in [0.1, 0.15) is 0 Å². The molecule has 0 radical (unpaired) electrons. The van der Waals surface area contributed by atoms with Crippen LogP contribution in [0, 0.1) is 6.92 Å². The Hall–Kier alpha value is -1.99. The molecule has 7 heteroatoms. The number of rotatable bonds is 8. The van der Waals surface area contributed by atoms with E-state index in [0.717, 1.165) is 14.9 Å². The lowest BCUT2D eigenvalue weighted by Gasteiger charge is -2.18. The lowest BCUT2D eigenvalue weighted by molar-refractivity contribution is -0.151. The molecule has 26 heavy (non-hydrogen) atoms. The zero-order valence-electron chi connectivity index (χ0n) is 14.7. The van der Waals surface area contributed by atoms with E-state index in [-0.39, 0.29) is 31.1 Å². The van der Waals surface area contributed by atoms with E-state index in [4.69, 9.17) is 4.74 Å². The van der Waals surface area contributed by atoms with Crippen molar-refractivity contribution in [2.75, 3.05) is 13.7 Å². The fourth-order valence-electron chi connectivity index (χ4n) is 2.22. The van der Waals surface area contributed by atoms with Gasteiger partial charge in [-0.2, -0.15) is 0 Å². The molecule has 0 aliphatic carbocycles. The maximum absolute atomic E-state index is 12.1. The van der Waals surface area contributed by atoms with E-state index in [9.17, 15) is 14.4 Å². The third-order valence-corrected chi connectivity index (χ3v) is 5.53. The van der Waals surface area contributed by atoms with Crippen LogP contribution >= 0.6 is 27.3 Å². The minimum Gasteiger partial charge on any atom is -0.456 e. The summed E-state index contributed by atoms with van der Waals surface area (Å²) in [5.74, 6) is -0.930. The molecule has 2 aromatic rings. The number of ether oxygens (including phenoxy) is 1. The van der Waals surface area contributed by atoms with Gasteiger partial charge in [-0.3, -0.25) is 14.4 Å². The van der Waals surface area contributed by atoms with Crippen molar-refractivity contribution in [2.45, 2.75) is 26.3 Å². The Balaban J connectivity index is 1.73. The fourth-order valence-corrected chi connectivity index (χ4v) is 3.46. The molecule has 0 fully saturated rings. The topological polar surface area (TPSA) is 63.7 Å². The van der Waals surface area contributed by atoms with Gasteiger partial charge < -0.3 is 9.64 Å². The van der Waals surface area contributed by atoms with E-state index < -0.39 is 5.97 Å². The number of likely N-dealkylation sites (N-methyl/N-ethyl adjacent to an activating group) is 1. The standard InChI is InChI=1S/C19H20BrNO4S/c1-13-7-9-17(26-13)16(22)8-10-19(24)25-12-18(23)21(2)11-14-5-3-4-6-15(14)20/h3-7,9H,8,10-12H2,1-2H3. The summed E-state index contributed by atoms with van der Waals surface area (Å²) in [6.45, 7) is 2.01. The second-order valence-corrected chi connectivity index (χ2v) is 7.98. The maximum atomic E-state index is 12.1. The van der Waals surface area contributed by atoms with Crippen molar-refractivity contribution in [3.05, 3.63) is 56.2 Å². The van der Waals surface area contributed by atoms with Crippen LogP contribution in [-0.4, -0.2) is 36.2 Å². The molecule has 0 spiro atoms. The Labute approximate surface area is 165 Å². The molecule has 0 aliphatic heterocycles. The lowest BCUT2D eigenvalue weighted by atomic mass is 10.2. The van der Waals surface area contributed by atoms with Gasteiger partial charge in [0.2, 0.25) is 0 Å². The van der Waals surface area contributed by atoms with Crippen molar-refractivity contribution in [3.63, 3.8) is 0 Å². The number of hydrogen-bond acceptors (Lipinski definition) is 5. The van der Waals surface area contributed by atoms with Crippen LogP contribution in [0.4, 0.5) is 0 Å². The summed E-state index contributed by atoms with van der Waals surface area (Å²) in [6.07, 6.45) is 0.0524.